The van der Waals surface area contributed by atoms with E-state index in [1.807, 2.05) is 0 Å². The number of rotatable bonds is 4. The number of hydrogen-bond acceptors (Lipinski definition) is 4. The van der Waals surface area contributed by atoms with Gasteiger partial charge >= 0.3 is 12.1 Å². The zero-order chi connectivity index (χ0) is 21.6. The molecular weight excluding hydrogens is 425 g/mol. The molecule has 0 radical (unpaired) electrons. The minimum atomic E-state index is -4.67. The largest absolute Gasteiger partial charge is 0.490 e. The first-order valence-electron chi connectivity index (χ1n) is 8.97. The second-order valence-corrected chi connectivity index (χ2v) is 7.45. The summed E-state index contributed by atoms with van der Waals surface area (Å²) < 4.78 is 51.4. The van der Waals surface area contributed by atoms with E-state index in [1.54, 1.807) is 6.07 Å². The highest BCUT2D eigenvalue weighted by Gasteiger charge is 2.39. The van der Waals surface area contributed by atoms with Crippen LogP contribution in [0, 0.1) is 5.92 Å². The summed E-state index contributed by atoms with van der Waals surface area (Å²) >= 11 is 6.09. The van der Waals surface area contributed by atoms with Crippen LogP contribution in [-0.4, -0.2) is 17.2 Å². The van der Waals surface area contributed by atoms with E-state index >= 15 is 0 Å². The summed E-state index contributed by atoms with van der Waals surface area (Å²) in [7, 11) is 0. The molecule has 5 nitrogen and oxygen atoms in total. The third-order valence-electron chi connectivity index (χ3n) is 5.02. The highest BCUT2D eigenvalue weighted by atomic mass is 35.5. The van der Waals surface area contributed by atoms with Crippen LogP contribution in [0.1, 0.15) is 18.4 Å². The molecule has 156 valence electrons. The van der Waals surface area contributed by atoms with Gasteiger partial charge in [-0.05, 0) is 37.1 Å². The summed E-state index contributed by atoms with van der Waals surface area (Å²) in [5, 5.41) is 9.39. The SMILES string of the molecule is O=c1cc(-c2ccc(C(F)(F)F)c(O[C@H]3C[C@H](C(=O)O)C3)c2)oc2c(Cl)cccc12. The molecule has 0 unspecified atom stereocenters. The van der Waals surface area contributed by atoms with E-state index in [0.717, 1.165) is 12.1 Å². The van der Waals surface area contributed by atoms with Crippen LogP contribution in [0.25, 0.3) is 22.3 Å². The van der Waals surface area contributed by atoms with Crippen LogP contribution in [0.15, 0.2) is 51.7 Å². The fourth-order valence-corrected chi connectivity index (χ4v) is 3.55. The monoisotopic (exact) mass is 438 g/mol. The van der Waals surface area contributed by atoms with Crippen LogP contribution < -0.4 is 10.2 Å². The van der Waals surface area contributed by atoms with E-state index in [4.69, 9.17) is 25.9 Å². The fraction of sp³-hybridized carbons (Fsp3) is 0.238. The highest BCUT2D eigenvalue weighted by molar-refractivity contribution is 6.34. The van der Waals surface area contributed by atoms with Gasteiger partial charge in [-0.3, -0.25) is 9.59 Å². The number of hydrogen-bond donors (Lipinski definition) is 1. The molecule has 3 aromatic rings. The van der Waals surface area contributed by atoms with Crippen molar-refractivity contribution in [1.29, 1.82) is 0 Å². The molecule has 4 rings (SSSR count). The second kappa shape index (κ2) is 7.36. The number of fused-ring (bicyclic) bond motifs is 1. The Hall–Kier alpha value is -3.00. The molecule has 1 saturated carbocycles. The molecule has 0 saturated heterocycles. The molecule has 0 atom stereocenters. The molecule has 1 aliphatic carbocycles. The van der Waals surface area contributed by atoms with Crippen LogP contribution in [0.4, 0.5) is 13.2 Å². The van der Waals surface area contributed by atoms with Gasteiger partial charge in [0.2, 0.25) is 0 Å². The number of carboxylic acid groups (broad SMARTS) is 1. The summed E-state index contributed by atoms with van der Waals surface area (Å²) in [5.74, 6) is -2.05. The third-order valence-corrected chi connectivity index (χ3v) is 5.31. The van der Waals surface area contributed by atoms with Crippen molar-refractivity contribution < 1.29 is 32.2 Å². The summed E-state index contributed by atoms with van der Waals surface area (Å²) in [6.07, 6.45) is -5.06. The molecule has 0 spiro atoms. The van der Waals surface area contributed by atoms with Crippen LogP contribution in [0.5, 0.6) is 5.75 Å². The lowest BCUT2D eigenvalue weighted by Crippen LogP contribution is -2.38. The number of alkyl halides is 3. The lowest BCUT2D eigenvalue weighted by Gasteiger charge is -2.33. The van der Waals surface area contributed by atoms with Gasteiger partial charge in [0.1, 0.15) is 17.6 Å². The van der Waals surface area contributed by atoms with Crippen LogP contribution in [-0.2, 0) is 11.0 Å². The standard InChI is InChI=1S/C21H14ClF3O5/c22-15-3-1-2-13-16(26)9-17(30-19(13)15)10-4-5-14(21(23,24)25)18(8-10)29-12-6-11(7-12)20(27)28/h1-5,8-9,11-12H,6-7H2,(H,27,28)/t11-,12-. The number of aliphatic carboxylic acids is 1. The first kappa shape index (κ1) is 20.3. The molecule has 9 heteroatoms. The molecule has 1 aliphatic rings. The van der Waals surface area contributed by atoms with Gasteiger partial charge in [0.15, 0.2) is 11.0 Å². The number of carboxylic acids is 1. The zero-order valence-corrected chi connectivity index (χ0v) is 16.0. The molecule has 0 amide bonds. The lowest BCUT2D eigenvalue weighted by molar-refractivity contribution is -0.149. The zero-order valence-electron chi connectivity index (χ0n) is 15.2. The van der Waals surface area contributed by atoms with E-state index in [-0.39, 0.29) is 45.6 Å². The Kier molecular flexibility index (Phi) is 4.97. The van der Waals surface area contributed by atoms with Crippen LogP contribution in [0.3, 0.4) is 0 Å². The number of ether oxygens (including phenoxy) is 1. The molecule has 1 heterocycles. The highest BCUT2D eigenvalue weighted by Crippen LogP contribution is 2.41. The minimum Gasteiger partial charge on any atom is -0.490 e. The quantitative estimate of drug-likeness (QED) is 0.592. The van der Waals surface area contributed by atoms with Gasteiger partial charge in [-0.15, -0.1) is 0 Å². The average Bonchev–Trinajstić information content (AvgIpc) is 2.63. The predicted octanol–water partition coefficient (Wildman–Crippen LogP) is 5.37. The van der Waals surface area contributed by atoms with Gasteiger partial charge in [0, 0.05) is 11.6 Å². The maximum absolute atomic E-state index is 13.4. The summed E-state index contributed by atoms with van der Waals surface area (Å²) in [6, 6.07) is 8.99. The van der Waals surface area contributed by atoms with Gasteiger partial charge in [-0.25, -0.2) is 0 Å². The molecule has 1 fully saturated rings. The Morgan fingerprint density at radius 2 is 1.90 bits per heavy atom. The van der Waals surface area contributed by atoms with Crippen molar-refractivity contribution in [2.45, 2.75) is 25.1 Å². The minimum absolute atomic E-state index is 0.0381. The molecule has 1 N–H and O–H groups in total. The third kappa shape index (κ3) is 3.75. The first-order chi connectivity index (χ1) is 14.1. The van der Waals surface area contributed by atoms with Gasteiger partial charge in [-0.2, -0.15) is 13.2 Å². The number of halogens is 4. The maximum Gasteiger partial charge on any atom is 0.419 e. The summed E-state index contributed by atoms with van der Waals surface area (Å²) in [5.41, 5.74) is -1.05. The molecule has 2 aromatic carbocycles. The van der Waals surface area contributed by atoms with Crippen molar-refractivity contribution in [3.63, 3.8) is 0 Å². The molecule has 0 aliphatic heterocycles. The van der Waals surface area contributed by atoms with E-state index in [9.17, 15) is 22.8 Å². The first-order valence-corrected chi connectivity index (χ1v) is 9.34. The van der Waals surface area contributed by atoms with E-state index in [1.165, 1.54) is 24.3 Å². The smallest absolute Gasteiger partial charge is 0.419 e. The number of carbonyl (C=O) groups is 1. The second-order valence-electron chi connectivity index (χ2n) is 7.05. The number of para-hydroxylation sites is 1. The van der Waals surface area contributed by atoms with Crippen molar-refractivity contribution in [3.05, 3.63) is 63.3 Å². The van der Waals surface area contributed by atoms with Gasteiger partial charge in [-0.1, -0.05) is 23.7 Å². The Labute approximate surface area is 172 Å². The van der Waals surface area contributed by atoms with E-state index in [0.29, 0.717) is 0 Å². The van der Waals surface area contributed by atoms with Crippen LogP contribution >= 0.6 is 11.6 Å². The Balaban J connectivity index is 1.75. The van der Waals surface area contributed by atoms with Crippen LogP contribution in [0.2, 0.25) is 5.02 Å². The van der Waals surface area contributed by atoms with Crippen molar-refractivity contribution in [3.8, 4) is 17.1 Å². The maximum atomic E-state index is 13.4. The van der Waals surface area contributed by atoms with Crippen molar-refractivity contribution in [2.75, 3.05) is 0 Å². The van der Waals surface area contributed by atoms with Crippen molar-refractivity contribution >= 4 is 28.5 Å². The normalized spacial score (nSPS) is 18.8. The van der Waals surface area contributed by atoms with Crippen molar-refractivity contribution in [1.82, 2.24) is 0 Å². The van der Waals surface area contributed by atoms with E-state index in [2.05, 4.69) is 0 Å². The molecule has 30 heavy (non-hydrogen) atoms. The van der Waals surface area contributed by atoms with Gasteiger partial charge in [0.05, 0.1) is 21.9 Å². The summed E-state index contributed by atoms with van der Waals surface area (Å²) in [4.78, 5) is 23.3. The molecule has 0 bridgehead atoms. The molecule has 1 aromatic heterocycles. The Morgan fingerprint density at radius 3 is 2.57 bits per heavy atom. The average molecular weight is 439 g/mol. The van der Waals surface area contributed by atoms with Gasteiger partial charge < -0.3 is 14.3 Å². The predicted molar refractivity (Wildman–Crippen MR) is 103 cm³/mol. The lowest BCUT2D eigenvalue weighted by atomic mass is 9.82. The fourth-order valence-electron chi connectivity index (χ4n) is 3.34. The van der Waals surface area contributed by atoms with Gasteiger partial charge in [0.25, 0.3) is 0 Å². The van der Waals surface area contributed by atoms with Crippen molar-refractivity contribution in [2.24, 2.45) is 5.92 Å². The summed E-state index contributed by atoms with van der Waals surface area (Å²) in [6.45, 7) is 0. The van der Waals surface area contributed by atoms with E-state index < -0.39 is 35.5 Å². The molecular formula is C21H14ClF3O5. The number of benzene rings is 2. The topological polar surface area (TPSA) is 76.7 Å². The Morgan fingerprint density at radius 1 is 1.17 bits per heavy atom. The Bertz CT molecular complexity index is 1200.